The first kappa shape index (κ1) is 11.4. The van der Waals surface area contributed by atoms with Gasteiger partial charge >= 0.3 is 0 Å². The molecule has 0 heterocycles. The van der Waals surface area contributed by atoms with Crippen LogP contribution in [-0.4, -0.2) is 20.6 Å². The third-order valence-electron chi connectivity index (χ3n) is 1.40. The summed E-state index contributed by atoms with van der Waals surface area (Å²) < 4.78 is 17.4. The maximum Gasteiger partial charge on any atom is 0.193 e. The van der Waals surface area contributed by atoms with Crippen molar-refractivity contribution < 1.29 is 8.78 Å². The molecule has 0 aliphatic heterocycles. The van der Waals surface area contributed by atoms with Crippen molar-refractivity contribution in [3.05, 3.63) is 0 Å². The lowest BCUT2D eigenvalue weighted by atomic mass is 11.0. The predicted molar refractivity (Wildman–Crippen MR) is 53.1 cm³/mol. The standard InChI is InChI=1S/C7H19O2PSi/c1-6-10(8,7-2)9-11(3,4)5/h6-7H2,1-5H3. The van der Waals surface area contributed by atoms with Gasteiger partial charge in [0, 0.05) is 12.3 Å². The highest BCUT2D eigenvalue weighted by Gasteiger charge is 2.26. The Morgan fingerprint density at radius 1 is 1.18 bits per heavy atom. The van der Waals surface area contributed by atoms with Crippen molar-refractivity contribution in [1.29, 1.82) is 0 Å². The molecule has 2 nitrogen and oxygen atoms in total. The SMILES string of the molecule is CCP(=O)(CC)O[Si](C)(C)C. The minimum atomic E-state index is -2.24. The lowest BCUT2D eigenvalue weighted by Gasteiger charge is -2.24. The summed E-state index contributed by atoms with van der Waals surface area (Å²) in [4.78, 5) is 0. The summed E-state index contributed by atoms with van der Waals surface area (Å²) in [5.74, 6) is 0. The van der Waals surface area contributed by atoms with Gasteiger partial charge in [0.15, 0.2) is 15.7 Å². The monoisotopic (exact) mass is 194 g/mol. The van der Waals surface area contributed by atoms with Crippen molar-refractivity contribution in [1.82, 2.24) is 0 Å². The molecule has 11 heavy (non-hydrogen) atoms. The molecule has 4 heteroatoms. The van der Waals surface area contributed by atoms with E-state index in [9.17, 15) is 4.57 Å². The summed E-state index contributed by atoms with van der Waals surface area (Å²) >= 11 is 0. The third-order valence-corrected chi connectivity index (χ3v) is 6.85. The molecule has 0 aromatic heterocycles. The summed E-state index contributed by atoms with van der Waals surface area (Å²) in [6, 6.07) is 0. The van der Waals surface area contributed by atoms with Crippen molar-refractivity contribution >= 4 is 15.7 Å². The molecular formula is C7H19O2PSi. The van der Waals surface area contributed by atoms with Crippen LogP contribution in [0.5, 0.6) is 0 Å². The van der Waals surface area contributed by atoms with Gasteiger partial charge in [-0.1, -0.05) is 13.8 Å². The normalized spacial score (nSPS) is 13.5. The highest BCUT2D eigenvalue weighted by atomic mass is 31.2. The third kappa shape index (κ3) is 4.78. The van der Waals surface area contributed by atoms with Gasteiger partial charge in [0.05, 0.1) is 0 Å². The lowest BCUT2D eigenvalue weighted by molar-refractivity contribution is 0.483. The second-order valence-corrected chi connectivity index (χ2v) is 11.5. The second kappa shape index (κ2) is 3.88. The van der Waals surface area contributed by atoms with Gasteiger partial charge in [-0.05, 0) is 19.6 Å². The van der Waals surface area contributed by atoms with Crippen LogP contribution in [0.4, 0.5) is 0 Å². The minimum Gasteiger partial charge on any atom is -0.370 e. The van der Waals surface area contributed by atoms with Crippen molar-refractivity contribution in [3.63, 3.8) is 0 Å². The summed E-state index contributed by atoms with van der Waals surface area (Å²) in [6.45, 7) is 10.1. The number of rotatable bonds is 4. The fourth-order valence-electron chi connectivity index (χ4n) is 0.852. The summed E-state index contributed by atoms with van der Waals surface area (Å²) in [5.41, 5.74) is 0. The molecule has 0 aliphatic carbocycles. The van der Waals surface area contributed by atoms with Crippen LogP contribution >= 0.6 is 7.37 Å². The summed E-state index contributed by atoms with van der Waals surface area (Å²) in [7, 11) is -3.84. The van der Waals surface area contributed by atoms with E-state index in [4.69, 9.17) is 4.21 Å². The first-order chi connectivity index (χ1) is 4.83. The molecule has 0 bridgehead atoms. The Bertz CT molecular complexity index is 154. The predicted octanol–water partition coefficient (Wildman–Crippen LogP) is 3.16. The average molecular weight is 194 g/mol. The van der Waals surface area contributed by atoms with E-state index in [0.29, 0.717) is 12.3 Å². The van der Waals surface area contributed by atoms with E-state index in [1.165, 1.54) is 0 Å². The Kier molecular flexibility index (Phi) is 4.02. The molecule has 0 aromatic carbocycles. The van der Waals surface area contributed by atoms with Crippen LogP contribution < -0.4 is 0 Å². The van der Waals surface area contributed by atoms with Gasteiger partial charge in [-0.15, -0.1) is 0 Å². The van der Waals surface area contributed by atoms with E-state index in [1.54, 1.807) is 0 Å². The second-order valence-electron chi connectivity index (χ2n) is 3.65. The molecule has 0 aromatic rings. The molecule has 0 amide bonds. The fourth-order valence-corrected chi connectivity index (χ4v) is 6.32. The molecule has 0 rings (SSSR count). The van der Waals surface area contributed by atoms with Crippen LogP contribution in [-0.2, 0) is 8.78 Å². The van der Waals surface area contributed by atoms with Crippen LogP contribution in [0.3, 0.4) is 0 Å². The van der Waals surface area contributed by atoms with Crippen LogP contribution in [0.25, 0.3) is 0 Å². The van der Waals surface area contributed by atoms with Gasteiger partial charge in [-0.25, -0.2) is 0 Å². The maximum atomic E-state index is 11.8. The first-order valence-corrected chi connectivity index (χ1v) is 9.52. The quantitative estimate of drug-likeness (QED) is 0.507. The topological polar surface area (TPSA) is 26.3 Å². The van der Waals surface area contributed by atoms with Crippen LogP contribution in [0.1, 0.15) is 13.8 Å². The fraction of sp³-hybridized carbons (Fsp3) is 1.00. The lowest BCUT2D eigenvalue weighted by Crippen LogP contribution is -2.24. The Morgan fingerprint density at radius 2 is 1.55 bits per heavy atom. The van der Waals surface area contributed by atoms with E-state index in [-0.39, 0.29) is 0 Å². The molecule has 0 radical (unpaired) electrons. The molecular weight excluding hydrogens is 175 g/mol. The Balaban J connectivity index is 4.21. The van der Waals surface area contributed by atoms with E-state index >= 15 is 0 Å². The zero-order valence-electron chi connectivity index (χ0n) is 8.18. The van der Waals surface area contributed by atoms with Crippen LogP contribution in [0.2, 0.25) is 19.6 Å². The molecule has 0 fully saturated rings. The Morgan fingerprint density at radius 3 is 1.64 bits per heavy atom. The number of hydrogen-bond donors (Lipinski definition) is 0. The maximum absolute atomic E-state index is 11.8. The Labute approximate surface area is 70.9 Å². The van der Waals surface area contributed by atoms with Gasteiger partial charge in [-0.3, -0.25) is 4.57 Å². The molecule has 0 atom stereocenters. The summed E-state index contributed by atoms with van der Waals surface area (Å²) in [6.07, 6.45) is 1.35. The van der Waals surface area contributed by atoms with E-state index < -0.39 is 15.7 Å². The zero-order chi connectivity index (χ0) is 9.12. The van der Waals surface area contributed by atoms with E-state index in [2.05, 4.69) is 19.6 Å². The molecule has 0 saturated carbocycles. The molecule has 68 valence electrons. The highest BCUT2D eigenvalue weighted by Crippen LogP contribution is 2.48. The zero-order valence-corrected chi connectivity index (χ0v) is 10.1. The first-order valence-electron chi connectivity index (χ1n) is 4.12. The van der Waals surface area contributed by atoms with Crippen LogP contribution in [0, 0.1) is 0 Å². The number of hydrogen-bond acceptors (Lipinski definition) is 2. The van der Waals surface area contributed by atoms with Gasteiger partial charge in [0.25, 0.3) is 0 Å². The van der Waals surface area contributed by atoms with Gasteiger partial charge in [0.1, 0.15) is 0 Å². The van der Waals surface area contributed by atoms with Crippen molar-refractivity contribution in [2.24, 2.45) is 0 Å². The van der Waals surface area contributed by atoms with Gasteiger partial charge < -0.3 is 4.21 Å². The van der Waals surface area contributed by atoms with Gasteiger partial charge in [-0.2, -0.15) is 0 Å². The van der Waals surface area contributed by atoms with Crippen molar-refractivity contribution in [2.45, 2.75) is 33.5 Å². The Hall–Kier alpha value is 0.407. The molecule has 0 unspecified atom stereocenters. The van der Waals surface area contributed by atoms with Crippen molar-refractivity contribution in [3.8, 4) is 0 Å². The molecule has 0 spiro atoms. The average Bonchev–Trinajstić information content (AvgIpc) is 1.84. The highest BCUT2D eigenvalue weighted by molar-refractivity contribution is 7.60. The molecule has 0 aliphatic rings. The summed E-state index contributed by atoms with van der Waals surface area (Å²) in [5, 5.41) is 0. The minimum absolute atomic E-state index is 0.674. The molecule has 0 saturated heterocycles. The van der Waals surface area contributed by atoms with Crippen molar-refractivity contribution in [2.75, 3.05) is 12.3 Å². The van der Waals surface area contributed by atoms with Gasteiger partial charge in [0.2, 0.25) is 0 Å². The molecule has 0 N–H and O–H groups in total. The largest absolute Gasteiger partial charge is 0.370 e. The van der Waals surface area contributed by atoms with E-state index in [0.717, 1.165) is 0 Å². The van der Waals surface area contributed by atoms with E-state index in [1.807, 2.05) is 13.8 Å². The van der Waals surface area contributed by atoms with Crippen LogP contribution in [0.15, 0.2) is 0 Å². The smallest absolute Gasteiger partial charge is 0.193 e.